The first-order valence-electron chi connectivity index (χ1n) is 9.23. The normalized spacial score (nSPS) is 14.8. The van der Waals surface area contributed by atoms with Gasteiger partial charge in [0.25, 0.3) is 5.91 Å². The number of aliphatic hydroxyl groups excluding tert-OH is 2. The number of nitrogens with two attached hydrogens (primary N) is 2. The van der Waals surface area contributed by atoms with E-state index in [0.29, 0.717) is 0 Å². The highest BCUT2D eigenvalue weighted by atomic mass is 19.1. The molecule has 0 saturated heterocycles. The molecule has 1 unspecified atom stereocenters. The molecule has 3 atom stereocenters. The minimum absolute atomic E-state index is 0.0134. The highest BCUT2D eigenvalue weighted by Crippen LogP contribution is 2.14. The lowest BCUT2D eigenvalue weighted by molar-refractivity contribution is -0.131. The number of nitrogens with one attached hydrogen (secondary N) is 2. The Kier molecular flexibility index (Phi) is 9.57. The third-order valence-corrected chi connectivity index (χ3v) is 4.33. The van der Waals surface area contributed by atoms with E-state index in [1.165, 1.54) is 0 Å². The third kappa shape index (κ3) is 8.82. The summed E-state index contributed by atoms with van der Waals surface area (Å²) in [6.07, 6.45) is -1.60. The van der Waals surface area contributed by atoms with Gasteiger partial charge in [0.1, 0.15) is 17.7 Å². The summed E-state index contributed by atoms with van der Waals surface area (Å²) in [5, 5.41) is 23.7. The van der Waals surface area contributed by atoms with Crippen LogP contribution in [0, 0.1) is 17.0 Å². The van der Waals surface area contributed by atoms with Crippen LogP contribution in [0.25, 0.3) is 0 Å². The first-order chi connectivity index (χ1) is 13.4. The maximum atomic E-state index is 13.7. The molecule has 1 aromatic rings. The second kappa shape index (κ2) is 11.1. The number of carbonyl (C=O) groups is 2. The number of benzene rings is 1. The summed E-state index contributed by atoms with van der Waals surface area (Å²) in [5.74, 6) is -2.24. The minimum Gasteiger partial charge on any atom is -0.395 e. The van der Waals surface area contributed by atoms with Gasteiger partial charge in [-0.1, -0.05) is 13.8 Å². The van der Waals surface area contributed by atoms with Crippen molar-refractivity contribution in [3.05, 3.63) is 35.4 Å². The summed E-state index contributed by atoms with van der Waals surface area (Å²) < 4.78 is 26.9. The van der Waals surface area contributed by atoms with E-state index in [9.17, 15) is 23.5 Å². The topological polar surface area (TPSA) is 151 Å². The van der Waals surface area contributed by atoms with Crippen LogP contribution in [0.4, 0.5) is 8.78 Å². The van der Waals surface area contributed by atoms with Crippen molar-refractivity contribution < 1.29 is 28.6 Å². The minimum atomic E-state index is -1.54. The number of carbonyl (C=O) groups excluding carboxylic acids is 2. The summed E-state index contributed by atoms with van der Waals surface area (Å²) >= 11 is 0. The fraction of sp³-hybridized carbons (Fsp3) is 0.579. The van der Waals surface area contributed by atoms with Crippen LogP contribution in [-0.2, 0) is 16.0 Å². The van der Waals surface area contributed by atoms with Crippen LogP contribution in [0.15, 0.2) is 18.2 Å². The quantitative estimate of drug-likeness (QED) is 0.277. The number of hydrogen-bond acceptors (Lipinski definition) is 6. The van der Waals surface area contributed by atoms with Gasteiger partial charge in [-0.3, -0.25) is 9.59 Å². The van der Waals surface area contributed by atoms with Crippen LogP contribution < -0.4 is 22.1 Å². The average Bonchev–Trinajstić information content (AvgIpc) is 2.66. The van der Waals surface area contributed by atoms with Crippen molar-refractivity contribution in [3.63, 3.8) is 0 Å². The van der Waals surface area contributed by atoms with E-state index in [2.05, 4.69) is 10.6 Å². The molecule has 0 aromatic heterocycles. The zero-order valence-corrected chi connectivity index (χ0v) is 16.6. The van der Waals surface area contributed by atoms with E-state index < -0.39 is 47.8 Å². The molecule has 0 radical (unpaired) electrons. The molecular weight excluding hydrogens is 386 g/mol. The van der Waals surface area contributed by atoms with Crippen molar-refractivity contribution in [3.8, 4) is 0 Å². The lowest BCUT2D eigenvalue weighted by Gasteiger charge is -2.27. The fourth-order valence-corrected chi connectivity index (χ4v) is 2.49. The van der Waals surface area contributed by atoms with Gasteiger partial charge in [-0.15, -0.1) is 0 Å². The van der Waals surface area contributed by atoms with Crippen molar-refractivity contribution in [1.82, 2.24) is 10.6 Å². The monoisotopic (exact) mass is 416 g/mol. The molecule has 0 heterocycles. The lowest BCUT2D eigenvalue weighted by atomic mass is 9.93. The summed E-state index contributed by atoms with van der Waals surface area (Å²) in [6, 6.07) is 1.30. The van der Waals surface area contributed by atoms with Crippen LogP contribution in [0.5, 0.6) is 0 Å². The fourth-order valence-electron chi connectivity index (χ4n) is 2.49. The second-order valence-corrected chi connectivity index (χ2v) is 7.85. The van der Waals surface area contributed by atoms with Gasteiger partial charge >= 0.3 is 0 Å². The maximum Gasteiger partial charge on any atom is 0.250 e. The van der Waals surface area contributed by atoms with Crippen LogP contribution in [0.3, 0.4) is 0 Å². The Morgan fingerprint density at radius 3 is 2.41 bits per heavy atom. The van der Waals surface area contributed by atoms with Crippen molar-refractivity contribution in [2.45, 2.75) is 44.9 Å². The largest absolute Gasteiger partial charge is 0.395 e. The van der Waals surface area contributed by atoms with Gasteiger partial charge in [-0.25, -0.2) is 8.78 Å². The summed E-state index contributed by atoms with van der Waals surface area (Å²) in [5.41, 5.74) is 10.8. The molecule has 0 aliphatic rings. The highest BCUT2D eigenvalue weighted by Gasteiger charge is 2.26. The zero-order valence-electron chi connectivity index (χ0n) is 16.6. The Balaban J connectivity index is 2.43. The Morgan fingerprint density at radius 2 is 1.79 bits per heavy atom. The average molecular weight is 416 g/mol. The molecule has 0 saturated carbocycles. The predicted molar refractivity (Wildman–Crippen MR) is 104 cm³/mol. The molecule has 8 nitrogen and oxygen atoms in total. The van der Waals surface area contributed by atoms with Crippen molar-refractivity contribution in [1.29, 1.82) is 0 Å². The maximum absolute atomic E-state index is 13.7. The smallest absolute Gasteiger partial charge is 0.250 e. The number of aliphatic hydroxyl groups is 2. The van der Waals surface area contributed by atoms with Crippen molar-refractivity contribution in [2.75, 3.05) is 19.7 Å². The van der Waals surface area contributed by atoms with E-state index in [0.717, 1.165) is 18.2 Å². The van der Waals surface area contributed by atoms with Crippen LogP contribution in [0.1, 0.15) is 25.8 Å². The number of halogens is 2. The standard InChI is InChI=1S/C19H30F2N4O4/c1-19(2,10-25-18(29)17(28)15(23)8-26)9-24-16(27)7-13(22)6-11-5-12(20)3-4-14(11)21/h3-5,13,15,17,26,28H,6-10,22-23H2,1-2H3,(H,24,27)(H,25,29)/t13?,15-,17+/m1/s1. The lowest BCUT2D eigenvalue weighted by Crippen LogP contribution is -2.51. The molecule has 0 fully saturated rings. The Hall–Kier alpha value is -2.14. The van der Waals surface area contributed by atoms with E-state index in [1.54, 1.807) is 13.8 Å². The number of rotatable bonds is 11. The van der Waals surface area contributed by atoms with Gasteiger partial charge in [-0.05, 0) is 35.6 Å². The number of hydrogen-bond donors (Lipinski definition) is 6. The Bertz CT molecular complexity index is 703. The third-order valence-electron chi connectivity index (χ3n) is 4.33. The van der Waals surface area contributed by atoms with E-state index in [-0.39, 0.29) is 37.4 Å². The van der Waals surface area contributed by atoms with Gasteiger partial charge in [-0.2, -0.15) is 0 Å². The van der Waals surface area contributed by atoms with E-state index in [1.807, 2.05) is 0 Å². The summed E-state index contributed by atoms with van der Waals surface area (Å²) in [6.45, 7) is 3.38. The van der Waals surface area contributed by atoms with Crippen LogP contribution >= 0.6 is 0 Å². The SMILES string of the molecule is CC(C)(CNC(=O)CC(N)Cc1cc(F)ccc1F)CNC(=O)[C@@H](O)[C@H](N)CO. The molecule has 8 N–H and O–H groups in total. The highest BCUT2D eigenvalue weighted by molar-refractivity contribution is 5.81. The molecule has 1 rings (SSSR count). The molecule has 1 aromatic carbocycles. The Labute approximate surface area is 168 Å². The molecule has 0 aliphatic heterocycles. The van der Waals surface area contributed by atoms with Crippen LogP contribution in [0.2, 0.25) is 0 Å². The predicted octanol–water partition coefficient (Wildman–Crippen LogP) is -0.836. The van der Waals surface area contributed by atoms with E-state index >= 15 is 0 Å². The van der Waals surface area contributed by atoms with Crippen LogP contribution in [-0.4, -0.2) is 59.9 Å². The molecule has 0 bridgehead atoms. The first-order valence-corrected chi connectivity index (χ1v) is 9.23. The van der Waals surface area contributed by atoms with E-state index in [4.69, 9.17) is 16.6 Å². The molecule has 164 valence electrons. The molecule has 2 amide bonds. The van der Waals surface area contributed by atoms with Gasteiger partial charge in [0.05, 0.1) is 12.6 Å². The first kappa shape index (κ1) is 24.9. The van der Waals surface area contributed by atoms with Gasteiger partial charge < -0.3 is 32.3 Å². The van der Waals surface area contributed by atoms with Crippen molar-refractivity contribution in [2.24, 2.45) is 16.9 Å². The summed E-state index contributed by atoms with van der Waals surface area (Å²) in [4.78, 5) is 23.9. The number of amides is 2. The van der Waals surface area contributed by atoms with Crippen molar-refractivity contribution >= 4 is 11.8 Å². The molecule has 0 aliphatic carbocycles. The zero-order chi connectivity index (χ0) is 22.2. The summed E-state index contributed by atoms with van der Waals surface area (Å²) in [7, 11) is 0. The molecule has 0 spiro atoms. The molecular formula is C19H30F2N4O4. The van der Waals surface area contributed by atoms with Gasteiger partial charge in [0.2, 0.25) is 5.91 Å². The van der Waals surface area contributed by atoms with Gasteiger partial charge in [0.15, 0.2) is 0 Å². The molecule has 29 heavy (non-hydrogen) atoms. The second-order valence-electron chi connectivity index (χ2n) is 7.85. The Morgan fingerprint density at radius 1 is 1.17 bits per heavy atom. The van der Waals surface area contributed by atoms with Gasteiger partial charge in [0, 0.05) is 25.6 Å². The molecule has 10 heteroatoms.